The molecule has 0 saturated heterocycles. The maximum absolute atomic E-state index is 9.02. The van der Waals surface area contributed by atoms with Gasteiger partial charge in [-0.1, -0.05) is 17.3 Å². The van der Waals surface area contributed by atoms with Crippen LogP contribution in [0.2, 0.25) is 0 Å². The summed E-state index contributed by atoms with van der Waals surface area (Å²) in [5.74, 6) is 0.274. The first-order chi connectivity index (χ1) is 6.22. The highest BCUT2D eigenvalue weighted by Crippen LogP contribution is 2.11. The number of phenols is 1. The van der Waals surface area contributed by atoms with Crippen LogP contribution in [-0.2, 0) is 6.42 Å². The van der Waals surface area contributed by atoms with Crippen LogP contribution in [0.15, 0.2) is 29.4 Å². The lowest BCUT2D eigenvalue weighted by molar-refractivity contribution is 0.317. The third kappa shape index (κ3) is 3.15. The largest absolute Gasteiger partial charge is 0.508 e. The van der Waals surface area contributed by atoms with Gasteiger partial charge in [-0.05, 0) is 37.5 Å². The van der Waals surface area contributed by atoms with Crippen LogP contribution in [-0.4, -0.2) is 16.0 Å². The molecule has 0 aliphatic rings. The smallest absolute Gasteiger partial charge is 0.115 e. The van der Waals surface area contributed by atoms with E-state index < -0.39 is 0 Å². The minimum atomic E-state index is 0.274. The Balaban J connectivity index is 2.51. The number of nitrogens with zero attached hydrogens (tertiary/aromatic N) is 1. The Bertz CT molecular complexity index is 290. The van der Waals surface area contributed by atoms with Crippen molar-refractivity contribution in [3.8, 4) is 5.75 Å². The highest BCUT2D eigenvalue weighted by atomic mass is 16.4. The summed E-state index contributed by atoms with van der Waals surface area (Å²) < 4.78 is 0. The van der Waals surface area contributed by atoms with Crippen LogP contribution in [0.25, 0.3) is 0 Å². The van der Waals surface area contributed by atoms with Gasteiger partial charge in [-0.15, -0.1) is 0 Å². The van der Waals surface area contributed by atoms with E-state index in [2.05, 4.69) is 5.16 Å². The van der Waals surface area contributed by atoms with Gasteiger partial charge in [0.2, 0.25) is 0 Å². The molecule has 0 spiro atoms. The van der Waals surface area contributed by atoms with E-state index >= 15 is 0 Å². The molecule has 1 aromatic carbocycles. The van der Waals surface area contributed by atoms with E-state index in [9.17, 15) is 0 Å². The fourth-order valence-electron chi connectivity index (χ4n) is 1.04. The fraction of sp³-hybridized carbons (Fsp3) is 0.300. The van der Waals surface area contributed by atoms with Crippen molar-refractivity contribution in [1.82, 2.24) is 0 Å². The maximum atomic E-state index is 9.02. The average molecular weight is 179 g/mol. The Kier molecular flexibility index (Phi) is 3.31. The first kappa shape index (κ1) is 9.58. The lowest BCUT2D eigenvalue weighted by atomic mass is 10.1. The predicted octanol–water partition coefficient (Wildman–Crippen LogP) is 2.17. The number of aromatic hydroxyl groups is 1. The molecule has 1 aromatic rings. The lowest BCUT2D eigenvalue weighted by Crippen LogP contribution is -1.94. The number of hydrogen-bond acceptors (Lipinski definition) is 3. The molecule has 13 heavy (non-hydrogen) atoms. The van der Waals surface area contributed by atoms with E-state index in [0.717, 1.165) is 18.4 Å². The molecule has 0 bridgehead atoms. The number of phenolic OH excluding ortho intramolecular Hbond substituents is 1. The Morgan fingerprint density at radius 2 is 1.92 bits per heavy atom. The quantitative estimate of drug-likeness (QED) is 0.424. The van der Waals surface area contributed by atoms with Gasteiger partial charge in [-0.2, -0.15) is 0 Å². The molecule has 0 radical (unpaired) electrons. The van der Waals surface area contributed by atoms with Gasteiger partial charge in [-0.3, -0.25) is 0 Å². The van der Waals surface area contributed by atoms with Crippen molar-refractivity contribution in [2.24, 2.45) is 5.16 Å². The standard InChI is InChI=1S/C10H13NO2/c1-8(11-13)2-3-9-4-6-10(12)7-5-9/h4-7,12-13H,2-3H2,1H3/b11-8-. The maximum Gasteiger partial charge on any atom is 0.115 e. The molecule has 1 rings (SSSR count). The summed E-state index contributed by atoms with van der Waals surface area (Å²) in [6.45, 7) is 1.78. The van der Waals surface area contributed by atoms with E-state index in [0.29, 0.717) is 5.71 Å². The monoisotopic (exact) mass is 179 g/mol. The normalized spacial score (nSPS) is 11.6. The predicted molar refractivity (Wildman–Crippen MR) is 51.3 cm³/mol. The minimum Gasteiger partial charge on any atom is -0.508 e. The molecule has 0 aliphatic carbocycles. The first-order valence-electron chi connectivity index (χ1n) is 4.18. The summed E-state index contributed by atoms with van der Waals surface area (Å²) in [7, 11) is 0. The van der Waals surface area contributed by atoms with Gasteiger partial charge < -0.3 is 10.3 Å². The van der Waals surface area contributed by atoms with Crippen LogP contribution in [0, 0.1) is 0 Å². The Morgan fingerprint density at radius 1 is 1.31 bits per heavy atom. The van der Waals surface area contributed by atoms with Crippen LogP contribution in [0.4, 0.5) is 0 Å². The first-order valence-corrected chi connectivity index (χ1v) is 4.18. The van der Waals surface area contributed by atoms with Gasteiger partial charge in [0.05, 0.1) is 5.71 Å². The van der Waals surface area contributed by atoms with Crippen molar-refractivity contribution in [1.29, 1.82) is 0 Å². The molecule has 0 saturated carbocycles. The van der Waals surface area contributed by atoms with E-state index in [4.69, 9.17) is 10.3 Å². The second-order valence-electron chi connectivity index (χ2n) is 3.00. The summed E-state index contributed by atoms with van der Waals surface area (Å²) in [5.41, 5.74) is 1.84. The summed E-state index contributed by atoms with van der Waals surface area (Å²) in [4.78, 5) is 0. The highest BCUT2D eigenvalue weighted by molar-refractivity contribution is 5.81. The van der Waals surface area contributed by atoms with Gasteiger partial charge in [0.25, 0.3) is 0 Å². The zero-order valence-electron chi connectivity index (χ0n) is 7.57. The van der Waals surface area contributed by atoms with Crippen molar-refractivity contribution in [3.05, 3.63) is 29.8 Å². The Hall–Kier alpha value is -1.51. The van der Waals surface area contributed by atoms with Crippen molar-refractivity contribution < 1.29 is 10.3 Å². The molecule has 0 heterocycles. The molecule has 0 fully saturated rings. The lowest BCUT2D eigenvalue weighted by Gasteiger charge is -1.99. The van der Waals surface area contributed by atoms with Gasteiger partial charge in [0, 0.05) is 0 Å². The number of rotatable bonds is 3. The number of aryl methyl sites for hydroxylation is 1. The fourth-order valence-corrected chi connectivity index (χ4v) is 1.04. The molecule has 0 aliphatic heterocycles. The summed E-state index contributed by atoms with van der Waals surface area (Å²) in [6, 6.07) is 7.03. The SMILES string of the molecule is C/C(CCc1ccc(O)cc1)=N/O. The second-order valence-corrected chi connectivity index (χ2v) is 3.00. The zero-order chi connectivity index (χ0) is 9.68. The third-order valence-corrected chi connectivity index (χ3v) is 1.88. The summed E-state index contributed by atoms with van der Waals surface area (Å²) >= 11 is 0. The van der Waals surface area contributed by atoms with Gasteiger partial charge in [-0.25, -0.2) is 0 Å². The third-order valence-electron chi connectivity index (χ3n) is 1.88. The van der Waals surface area contributed by atoms with Crippen LogP contribution < -0.4 is 0 Å². The Morgan fingerprint density at radius 3 is 2.46 bits per heavy atom. The molecule has 0 atom stereocenters. The van der Waals surface area contributed by atoms with Crippen molar-refractivity contribution in [2.45, 2.75) is 19.8 Å². The molecule has 3 nitrogen and oxygen atoms in total. The van der Waals surface area contributed by atoms with Gasteiger partial charge in [0.1, 0.15) is 5.75 Å². The minimum absolute atomic E-state index is 0.274. The molecule has 70 valence electrons. The molecule has 2 N–H and O–H groups in total. The van der Waals surface area contributed by atoms with E-state index in [1.54, 1.807) is 19.1 Å². The number of oxime groups is 1. The molecule has 0 aromatic heterocycles. The van der Waals surface area contributed by atoms with Crippen LogP contribution >= 0.6 is 0 Å². The summed E-state index contributed by atoms with van der Waals surface area (Å²) in [5, 5.41) is 20.5. The number of hydrogen-bond donors (Lipinski definition) is 2. The van der Waals surface area contributed by atoms with Gasteiger partial charge in [0.15, 0.2) is 0 Å². The topological polar surface area (TPSA) is 52.8 Å². The van der Waals surface area contributed by atoms with Crippen molar-refractivity contribution in [2.75, 3.05) is 0 Å². The van der Waals surface area contributed by atoms with E-state index in [1.807, 2.05) is 12.1 Å². The highest BCUT2D eigenvalue weighted by Gasteiger charge is 1.95. The van der Waals surface area contributed by atoms with E-state index in [-0.39, 0.29) is 5.75 Å². The zero-order valence-corrected chi connectivity index (χ0v) is 7.57. The van der Waals surface area contributed by atoms with Crippen molar-refractivity contribution in [3.63, 3.8) is 0 Å². The van der Waals surface area contributed by atoms with Crippen molar-refractivity contribution >= 4 is 5.71 Å². The molecular weight excluding hydrogens is 166 g/mol. The molecule has 0 unspecified atom stereocenters. The van der Waals surface area contributed by atoms with E-state index in [1.165, 1.54) is 0 Å². The second kappa shape index (κ2) is 4.50. The van der Waals surface area contributed by atoms with Gasteiger partial charge >= 0.3 is 0 Å². The van der Waals surface area contributed by atoms with Crippen LogP contribution in [0.5, 0.6) is 5.75 Å². The molecular formula is C10H13NO2. The number of benzene rings is 1. The van der Waals surface area contributed by atoms with Crippen LogP contribution in [0.3, 0.4) is 0 Å². The molecule has 0 amide bonds. The van der Waals surface area contributed by atoms with Crippen LogP contribution in [0.1, 0.15) is 18.9 Å². The molecule has 3 heteroatoms. The Labute approximate surface area is 77.3 Å². The average Bonchev–Trinajstić information content (AvgIpc) is 2.16. The summed E-state index contributed by atoms with van der Waals surface area (Å²) in [6.07, 6.45) is 1.57.